The number of hydrogen-bond donors (Lipinski definition) is 0. The molecule has 0 aliphatic heterocycles. The van der Waals surface area contributed by atoms with Crippen molar-refractivity contribution in [2.24, 2.45) is 0 Å². The van der Waals surface area contributed by atoms with Crippen molar-refractivity contribution in [2.75, 3.05) is 6.54 Å². The first kappa shape index (κ1) is 26.5. The van der Waals surface area contributed by atoms with Gasteiger partial charge in [-0.15, -0.1) is 0 Å². The summed E-state index contributed by atoms with van der Waals surface area (Å²) in [7, 11) is -5.61. The Bertz CT molecular complexity index is 1140. The molecule has 0 saturated carbocycles. The molecule has 1 aromatic carbocycles. The SMILES string of the molecule is CC(C)(C)OC(=O)CN(Cc1cnccc1C(F)(F)F)S(=O)(=O)c1c(F)c(F)cc(F)c1F. The van der Waals surface area contributed by atoms with Crippen LogP contribution in [0.1, 0.15) is 31.9 Å². The lowest BCUT2D eigenvalue weighted by Gasteiger charge is -2.26. The van der Waals surface area contributed by atoms with Gasteiger partial charge in [0.2, 0.25) is 10.0 Å². The van der Waals surface area contributed by atoms with Crippen LogP contribution in [0.25, 0.3) is 0 Å². The molecule has 0 bridgehead atoms. The largest absolute Gasteiger partial charge is 0.459 e. The van der Waals surface area contributed by atoms with Crippen LogP contribution in [0.15, 0.2) is 29.4 Å². The van der Waals surface area contributed by atoms with E-state index in [0.29, 0.717) is 12.3 Å². The number of pyridine rings is 1. The average molecular weight is 502 g/mol. The number of sulfonamides is 1. The maximum absolute atomic E-state index is 14.2. The first-order chi connectivity index (χ1) is 14.9. The van der Waals surface area contributed by atoms with Gasteiger partial charge in [-0.1, -0.05) is 0 Å². The number of alkyl halides is 3. The van der Waals surface area contributed by atoms with E-state index in [1.807, 2.05) is 0 Å². The minimum Gasteiger partial charge on any atom is -0.459 e. The highest BCUT2D eigenvalue weighted by molar-refractivity contribution is 7.89. The molecule has 1 heterocycles. The van der Waals surface area contributed by atoms with E-state index in [1.54, 1.807) is 0 Å². The van der Waals surface area contributed by atoms with Crippen LogP contribution >= 0.6 is 0 Å². The van der Waals surface area contributed by atoms with E-state index in [-0.39, 0.29) is 10.4 Å². The van der Waals surface area contributed by atoms with Crippen molar-refractivity contribution in [3.05, 3.63) is 58.9 Å². The Morgan fingerprint density at radius 3 is 2.09 bits per heavy atom. The highest BCUT2D eigenvalue weighted by atomic mass is 32.2. The fourth-order valence-electron chi connectivity index (χ4n) is 2.67. The highest BCUT2D eigenvalue weighted by Gasteiger charge is 2.39. The van der Waals surface area contributed by atoms with Gasteiger partial charge in [0.05, 0.1) is 5.56 Å². The smallest absolute Gasteiger partial charge is 0.416 e. The quantitative estimate of drug-likeness (QED) is 0.337. The number of carbonyl (C=O) groups is 1. The zero-order chi connectivity index (χ0) is 25.4. The van der Waals surface area contributed by atoms with Crippen LogP contribution in [-0.4, -0.2) is 35.8 Å². The molecule has 2 aromatic rings. The van der Waals surface area contributed by atoms with Gasteiger partial charge in [0, 0.05) is 25.0 Å². The minimum atomic E-state index is -5.61. The van der Waals surface area contributed by atoms with Gasteiger partial charge in [-0.05, 0) is 32.4 Å². The molecule has 0 spiro atoms. The number of halogens is 7. The topological polar surface area (TPSA) is 76.6 Å². The standard InChI is InChI=1S/C19H17F7N2O4S/c1-18(2,3)32-14(29)9-28(8-10-7-27-5-4-11(10)19(24,25)26)33(30,31)17-15(22)12(20)6-13(21)16(17)23/h4-7H,8-9H2,1-3H3. The first-order valence-corrected chi connectivity index (χ1v) is 10.4. The molecule has 0 N–H and O–H groups in total. The van der Waals surface area contributed by atoms with Crippen LogP contribution in [0, 0.1) is 23.3 Å². The number of carbonyl (C=O) groups excluding carboxylic acids is 1. The van der Waals surface area contributed by atoms with E-state index in [0.717, 1.165) is 6.20 Å². The van der Waals surface area contributed by atoms with Crippen molar-refractivity contribution in [2.45, 2.75) is 44.0 Å². The molecular formula is C19H17F7N2O4S. The van der Waals surface area contributed by atoms with Crippen molar-refractivity contribution in [3.8, 4) is 0 Å². The van der Waals surface area contributed by atoms with Crippen LogP contribution in [-0.2, 0) is 32.3 Å². The van der Waals surface area contributed by atoms with Gasteiger partial charge in [-0.2, -0.15) is 17.5 Å². The third kappa shape index (κ3) is 6.19. The fraction of sp³-hybridized carbons (Fsp3) is 0.368. The number of nitrogens with zero attached hydrogens (tertiary/aromatic N) is 2. The molecule has 6 nitrogen and oxygen atoms in total. The molecule has 33 heavy (non-hydrogen) atoms. The molecule has 0 aliphatic rings. The first-order valence-electron chi connectivity index (χ1n) is 9.00. The lowest BCUT2D eigenvalue weighted by atomic mass is 10.1. The molecule has 0 atom stereocenters. The molecule has 182 valence electrons. The molecule has 1 aromatic heterocycles. The predicted octanol–water partition coefficient (Wildman–Crippen LogP) is 4.19. The molecule has 0 fully saturated rings. The van der Waals surface area contributed by atoms with E-state index in [2.05, 4.69) is 4.98 Å². The molecule has 0 saturated heterocycles. The third-order valence-electron chi connectivity index (χ3n) is 3.95. The summed E-state index contributed by atoms with van der Waals surface area (Å²) < 4.78 is 126. The molecule has 2 rings (SSSR count). The number of aromatic nitrogens is 1. The van der Waals surface area contributed by atoms with Crippen molar-refractivity contribution in [1.29, 1.82) is 0 Å². The number of esters is 1. The summed E-state index contributed by atoms with van der Waals surface area (Å²) in [6.07, 6.45) is -3.60. The zero-order valence-corrected chi connectivity index (χ0v) is 18.1. The van der Waals surface area contributed by atoms with Gasteiger partial charge < -0.3 is 4.74 Å². The maximum Gasteiger partial charge on any atom is 0.416 e. The Balaban J connectivity index is 2.66. The van der Waals surface area contributed by atoms with Gasteiger partial charge in [-0.3, -0.25) is 9.78 Å². The summed E-state index contributed by atoms with van der Waals surface area (Å²) >= 11 is 0. The van der Waals surface area contributed by atoms with Crippen molar-refractivity contribution in [3.63, 3.8) is 0 Å². The Morgan fingerprint density at radius 1 is 1.06 bits per heavy atom. The molecule has 0 unspecified atom stereocenters. The number of ether oxygens (including phenoxy) is 1. The number of hydrogen-bond acceptors (Lipinski definition) is 5. The van der Waals surface area contributed by atoms with Crippen LogP contribution in [0.2, 0.25) is 0 Å². The molecule has 0 aliphatic carbocycles. The molecule has 0 radical (unpaired) electrons. The zero-order valence-electron chi connectivity index (χ0n) is 17.3. The van der Waals surface area contributed by atoms with Gasteiger partial charge >= 0.3 is 12.1 Å². The molecule has 0 amide bonds. The Morgan fingerprint density at radius 2 is 1.61 bits per heavy atom. The summed E-state index contributed by atoms with van der Waals surface area (Å²) in [5, 5.41) is 0. The van der Waals surface area contributed by atoms with E-state index in [4.69, 9.17) is 4.74 Å². The number of rotatable bonds is 6. The van der Waals surface area contributed by atoms with Crippen molar-refractivity contribution < 1.29 is 48.7 Å². The second kappa shape index (κ2) is 9.25. The summed E-state index contributed by atoms with van der Waals surface area (Å²) in [5.41, 5.74) is -3.32. The maximum atomic E-state index is 14.2. The van der Waals surface area contributed by atoms with Gasteiger partial charge in [0.15, 0.2) is 28.2 Å². The van der Waals surface area contributed by atoms with Crippen LogP contribution in [0.4, 0.5) is 30.7 Å². The van der Waals surface area contributed by atoms with E-state index < -0.39 is 80.2 Å². The van der Waals surface area contributed by atoms with Crippen molar-refractivity contribution in [1.82, 2.24) is 9.29 Å². The Hall–Kier alpha value is -2.74. The lowest BCUT2D eigenvalue weighted by molar-refractivity contribution is -0.155. The fourth-order valence-corrected chi connectivity index (χ4v) is 4.16. The summed E-state index contributed by atoms with van der Waals surface area (Å²) in [6, 6.07) is 0.265. The second-order valence-electron chi connectivity index (χ2n) is 7.69. The highest BCUT2D eigenvalue weighted by Crippen LogP contribution is 2.34. The Kier molecular flexibility index (Phi) is 7.43. The lowest BCUT2D eigenvalue weighted by Crippen LogP contribution is -2.39. The van der Waals surface area contributed by atoms with E-state index in [9.17, 15) is 43.9 Å². The second-order valence-corrected chi connectivity index (χ2v) is 9.56. The van der Waals surface area contributed by atoms with Crippen LogP contribution < -0.4 is 0 Å². The van der Waals surface area contributed by atoms with Gasteiger partial charge in [0.1, 0.15) is 12.1 Å². The summed E-state index contributed by atoms with van der Waals surface area (Å²) in [6.45, 7) is 1.58. The van der Waals surface area contributed by atoms with E-state index in [1.165, 1.54) is 20.8 Å². The molecule has 14 heteroatoms. The van der Waals surface area contributed by atoms with Gasteiger partial charge in [-0.25, -0.2) is 26.0 Å². The van der Waals surface area contributed by atoms with Crippen LogP contribution in [0.5, 0.6) is 0 Å². The number of benzene rings is 1. The summed E-state index contributed by atoms with van der Waals surface area (Å²) in [5.74, 6) is -10.1. The van der Waals surface area contributed by atoms with E-state index >= 15 is 0 Å². The Labute approximate surface area is 184 Å². The minimum absolute atomic E-state index is 0.0896. The van der Waals surface area contributed by atoms with Crippen LogP contribution in [0.3, 0.4) is 0 Å². The molecular weight excluding hydrogens is 485 g/mol. The summed E-state index contributed by atoms with van der Waals surface area (Å²) in [4.78, 5) is 13.6. The third-order valence-corrected chi connectivity index (χ3v) is 5.76. The monoisotopic (exact) mass is 502 g/mol. The van der Waals surface area contributed by atoms with Gasteiger partial charge in [0.25, 0.3) is 0 Å². The van der Waals surface area contributed by atoms with Crippen molar-refractivity contribution >= 4 is 16.0 Å². The normalized spacial score (nSPS) is 12.8. The average Bonchev–Trinajstić information content (AvgIpc) is 2.64. The predicted molar refractivity (Wildman–Crippen MR) is 99.0 cm³/mol.